The first-order chi connectivity index (χ1) is 4.66. The first-order valence-electron chi connectivity index (χ1n) is 3.61. The summed E-state index contributed by atoms with van der Waals surface area (Å²) in [5.74, 6) is 1.04. The molecule has 2 heteroatoms. The van der Waals surface area contributed by atoms with Crippen LogP contribution in [0.15, 0.2) is 0 Å². The number of esters is 1. The molecule has 0 aliphatic carbocycles. The first kappa shape index (κ1) is 9.47. The molecule has 0 atom stereocenters. The molecule has 0 bridgehead atoms. The Balaban J connectivity index is 3.22. The Kier molecular flexibility index (Phi) is 4.99. The summed E-state index contributed by atoms with van der Waals surface area (Å²) in [6.45, 7) is 6.32. The lowest BCUT2D eigenvalue weighted by molar-refractivity contribution is -0.143. The minimum Gasteiger partial charge on any atom is -0.465 e. The SMILES string of the molecule is CCCC(=O)OC[C](C)C. The molecule has 0 unspecified atom stereocenters. The van der Waals surface area contributed by atoms with E-state index in [0.717, 1.165) is 12.3 Å². The summed E-state index contributed by atoms with van der Waals surface area (Å²) >= 11 is 0. The fourth-order valence-electron chi connectivity index (χ4n) is 0.501. The zero-order valence-electron chi connectivity index (χ0n) is 6.94. The summed E-state index contributed by atoms with van der Waals surface area (Å²) in [6, 6.07) is 0. The molecule has 0 aliphatic rings. The lowest BCUT2D eigenvalue weighted by Crippen LogP contribution is -2.07. The Morgan fingerprint density at radius 3 is 2.40 bits per heavy atom. The van der Waals surface area contributed by atoms with Gasteiger partial charge in [0, 0.05) is 12.3 Å². The Morgan fingerprint density at radius 2 is 2.00 bits per heavy atom. The average Bonchev–Trinajstić information content (AvgIpc) is 1.85. The summed E-state index contributed by atoms with van der Waals surface area (Å²) in [5, 5.41) is 0. The number of rotatable bonds is 4. The molecule has 0 fully saturated rings. The van der Waals surface area contributed by atoms with Crippen LogP contribution in [0.1, 0.15) is 33.6 Å². The van der Waals surface area contributed by atoms with Gasteiger partial charge < -0.3 is 4.74 Å². The van der Waals surface area contributed by atoms with Gasteiger partial charge in [0.1, 0.15) is 0 Å². The van der Waals surface area contributed by atoms with Crippen molar-refractivity contribution in [3.05, 3.63) is 5.92 Å². The number of carbonyl (C=O) groups is 1. The number of hydrogen-bond donors (Lipinski definition) is 0. The van der Waals surface area contributed by atoms with E-state index in [1.807, 2.05) is 20.8 Å². The molecule has 2 nitrogen and oxygen atoms in total. The van der Waals surface area contributed by atoms with Crippen LogP contribution in [0.2, 0.25) is 0 Å². The van der Waals surface area contributed by atoms with Crippen LogP contribution < -0.4 is 0 Å². The zero-order valence-corrected chi connectivity index (χ0v) is 6.94. The van der Waals surface area contributed by atoms with E-state index < -0.39 is 0 Å². The van der Waals surface area contributed by atoms with Crippen LogP contribution in [0.5, 0.6) is 0 Å². The van der Waals surface area contributed by atoms with Crippen LogP contribution in [0, 0.1) is 5.92 Å². The summed E-state index contributed by atoms with van der Waals surface area (Å²) in [6.07, 6.45) is 1.40. The van der Waals surface area contributed by atoms with Crippen molar-refractivity contribution in [2.45, 2.75) is 33.6 Å². The van der Waals surface area contributed by atoms with Crippen molar-refractivity contribution >= 4 is 5.97 Å². The molecule has 0 aromatic rings. The third-order valence-electron chi connectivity index (χ3n) is 0.976. The van der Waals surface area contributed by atoms with E-state index in [1.165, 1.54) is 0 Å². The monoisotopic (exact) mass is 143 g/mol. The number of hydrogen-bond acceptors (Lipinski definition) is 2. The van der Waals surface area contributed by atoms with Gasteiger partial charge in [-0.15, -0.1) is 0 Å². The Labute approximate surface area is 62.6 Å². The van der Waals surface area contributed by atoms with Crippen LogP contribution in [-0.2, 0) is 9.53 Å². The van der Waals surface area contributed by atoms with Gasteiger partial charge in [-0.05, 0) is 6.42 Å². The van der Waals surface area contributed by atoms with Gasteiger partial charge in [0.2, 0.25) is 0 Å². The fraction of sp³-hybridized carbons (Fsp3) is 0.750. The first-order valence-corrected chi connectivity index (χ1v) is 3.61. The predicted octanol–water partition coefficient (Wildman–Crippen LogP) is 1.94. The molecule has 0 spiro atoms. The van der Waals surface area contributed by atoms with Crippen molar-refractivity contribution < 1.29 is 9.53 Å². The van der Waals surface area contributed by atoms with Crippen molar-refractivity contribution in [1.29, 1.82) is 0 Å². The van der Waals surface area contributed by atoms with E-state index in [4.69, 9.17) is 4.74 Å². The van der Waals surface area contributed by atoms with E-state index >= 15 is 0 Å². The van der Waals surface area contributed by atoms with Gasteiger partial charge in [-0.3, -0.25) is 4.79 Å². The molecule has 0 heterocycles. The van der Waals surface area contributed by atoms with Crippen molar-refractivity contribution in [1.82, 2.24) is 0 Å². The zero-order chi connectivity index (χ0) is 7.98. The van der Waals surface area contributed by atoms with Crippen molar-refractivity contribution in [2.75, 3.05) is 6.61 Å². The van der Waals surface area contributed by atoms with E-state index in [2.05, 4.69) is 0 Å². The third-order valence-corrected chi connectivity index (χ3v) is 0.976. The van der Waals surface area contributed by atoms with Crippen molar-refractivity contribution in [3.8, 4) is 0 Å². The van der Waals surface area contributed by atoms with Crippen LogP contribution in [0.25, 0.3) is 0 Å². The van der Waals surface area contributed by atoms with Crippen LogP contribution >= 0.6 is 0 Å². The largest absolute Gasteiger partial charge is 0.465 e. The molecular weight excluding hydrogens is 128 g/mol. The predicted molar refractivity (Wildman–Crippen MR) is 40.5 cm³/mol. The highest BCUT2D eigenvalue weighted by atomic mass is 16.5. The van der Waals surface area contributed by atoms with E-state index in [0.29, 0.717) is 13.0 Å². The fourth-order valence-corrected chi connectivity index (χ4v) is 0.501. The van der Waals surface area contributed by atoms with E-state index in [-0.39, 0.29) is 5.97 Å². The standard InChI is InChI=1S/C8H15O2/c1-4-5-8(9)10-6-7(2)3/h4-6H2,1-3H3. The molecule has 0 rings (SSSR count). The highest BCUT2D eigenvalue weighted by Gasteiger charge is 2.01. The van der Waals surface area contributed by atoms with Crippen LogP contribution in [0.3, 0.4) is 0 Å². The second-order valence-electron chi connectivity index (χ2n) is 2.62. The molecule has 0 aromatic carbocycles. The lowest BCUT2D eigenvalue weighted by atomic mass is 10.2. The maximum Gasteiger partial charge on any atom is 0.305 e. The Bertz CT molecular complexity index is 97.4. The number of carbonyl (C=O) groups excluding carboxylic acids is 1. The maximum absolute atomic E-state index is 10.7. The van der Waals surface area contributed by atoms with Gasteiger partial charge in [0.15, 0.2) is 0 Å². The van der Waals surface area contributed by atoms with E-state index in [1.54, 1.807) is 0 Å². The molecule has 0 aliphatic heterocycles. The van der Waals surface area contributed by atoms with E-state index in [9.17, 15) is 4.79 Å². The summed E-state index contributed by atoms with van der Waals surface area (Å²) in [4.78, 5) is 10.7. The van der Waals surface area contributed by atoms with Gasteiger partial charge in [-0.2, -0.15) is 0 Å². The summed E-state index contributed by atoms with van der Waals surface area (Å²) < 4.78 is 4.87. The average molecular weight is 143 g/mol. The normalized spacial score (nSPS) is 10.0. The molecule has 0 saturated heterocycles. The molecule has 0 saturated carbocycles. The summed E-state index contributed by atoms with van der Waals surface area (Å²) in [7, 11) is 0. The van der Waals surface area contributed by atoms with Gasteiger partial charge >= 0.3 is 5.97 Å². The van der Waals surface area contributed by atoms with Crippen LogP contribution in [0.4, 0.5) is 0 Å². The Hall–Kier alpha value is -0.530. The molecule has 0 N–H and O–H groups in total. The quantitative estimate of drug-likeness (QED) is 0.562. The van der Waals surface area contributed by atoms with Crippen molar-refractivity contribution in [2.24, 2.45) is 0 Å². The summed E-state index contributed by atoms with van der Waals surface area (Å²) in [5.41, 5.74) is 0. The smallest absolute Gasteiger partial charge is 0.305 e. The maximum atomic E-state index is 10.7. The molecular formula is C8H15O2. The highest BCUT2D eigenvalue weighted by molar-refractivity contribution is 5.69. The minimum absolute atomic E-state index is 0.0938. The molecule has 59 valence electrons. The van der Waals surface area contributed by atoms with Gasteiger partial charge in [-0.25, -0.2) is 0 Å². The molecule has 0 aromatic heterocycles. The minimum atomic E-state index is -0.0938. The second kappa shape index (κ2) is 5.27. The van der Waals surface area contributed by atoms with Gasteiger partial charge in [-0.1, -0.05) is 20.8 Å². The van der Waals surface area contributed by atoms with Crippen molar-refractivity contribution in [3.63, 3.8) is 0 Å². The molecule has 1 radical (unpaired) electrons. The molecule has 0 amide bonds. The Morgan fingerprint density at radius 1 is 1.40 bits per heavy atom. The number of ether oxygens (including phenoxy) is 1. The van der Waals surface area contributed by atoms with Gasteiger partial charge in [0.05, 0.1) is 6.61 Å². The third kappa shape index (κ3) is 5.60. The highest BCUT2D eigenvalue weighted by Crippen LogP contribution is 1.98. The topological polar surface area (TPSA) is 26.3 Å². The van der Waals surface area contributed by atoms with Crippen LogP contribution in [-0.4, -0.2) is 12.6 Å². The molecule has 10 heavy (non-hydrogen) atoms. The lowest BCUT2D eigenvalue weighted by Gasteiger charge is -2.04. The second-order valence-corrected chi connectivity index (χ2v) is 2.62. The van der Waals surface area contributed by atoms with Gasteiger partial charge in [0.25, 0.3) is 0 Å².